The summed E-state index contributed by atoms with van der Waals surface area (Å²) in [6.45, 7) is 5.21. The summed E-state index contributed by atoms with van der Waals surface area (Å²) in [5.74, 6) is -0.442. The Kier molecular flexibility index (Phi) is 10.6. The number of carbonyl (C=O) groups excluding carboxylic acids is 3. The lowest BCUT2D eigenvalue weighted by Gasteiger charge is -2.42. The van der Waals surface area contributed by atoms with Crippen LogP contribution in [0.2, 0.25) is 5.02 Å². The van der Waals surface area contributed by atoms with Gasteiger partial charge < -0.3 is 35.4 Å². The van der Waals surface area contributed by atoms with Crippen molar-refractivity contribution < 1.29 is 32.3 Å². The molecule has 5 heterocycles. The lowest BCUT2D eigenvalue weighted by atomic mass is 10.0. The average Bonchev–Trinajstić information content (AvgIpc) is 3.54. The molecule has 3 N–H and O–H groups in total. The van der Waals surface area contributed by atoms with E-state index in [1.807, 2.05) is 10.8 Å². The Bertz CT molecular complexity index is 1490. The molecular formula is C32H41ClF3N7O4S. The summed E-state index contributed by atoms with van der Waals surface area (Å²) in [6.07, 6.45) is -3.90. The van der Waals surface area contributed by atoms with E-state index in [1.54, 1.807) is 9.80 Å². The van der Waals surface area contributed by atoms with E-state index in [-0.39, 0.29) is 34.8 Å². The average molecular weight is 712 g/mol. The largest absolute Gasteiger partial charge is 0.436 e. The summed E-state index contributed by atoms with van der Waals surface area (Å²) in [4.78, 5) is 47.5. The number of amides is 4. The third-order valence-corrected chi connectivity index (χ3v) is 10.9. The predicted octanol–water partition coefficient (Wildman–Crippen LogP) is 4.92. The molecule has 2 aromatic rings. The first kappa shape index (κ1) is 34.6. The van der Waals surface area contributed by atoms with Gasteiger partial charge in [-0.15, -0.1) is 11.3 Å². The number of hydrogen-bond acceptors (Lipinski definition) is 8. The molecule has 0 unspecified atom stereocenters. The van der Waals surface area contributed by atoms with Crippen LogP contribution in [-0.2, 0) is 28.7 Å². The van der Waals surface area contributed by atoms with Crippen molar-refractivity contribution in [1.29, 1.82) is 0 Å². The minimum atomic E-state index is -4.69. The zero-order valence-corrected chi connectivity index (χ0v) is 28.4. The molecule has 6 rings (SSSR count). The van der Waals surface area contributed by atoms with E-state index >= 15 is 0 Å². The van der Waals surface area contributed by atoms with E-state index in [4.69, 9.17) is 16.3 Å². The molecule has 1 aromatic heterocycles. The monoisotopic (exact) mass is 711 g/mol. The highest BCUT2D eigenvalue weighted by atomic mass is 35.5. The number of anilines is 2. The molecule has 262 valence electrons. The number of hydrogen-bond donors (Lipinski definition) is 3. The molecule has 4 aliphatic rings. The second-order valence-electron chi connectivity index (χ2n) is 12.8. The second-order valence-corrected chi connectivity index (χ2v) is 13.9. The Hall–Kier alpha value is -3.27. The van der Waals surface area contributed by atoms with E-state index in [0.717, 1.165) is 43.2 Å². The number of benzene rings is 1. The highest BCUT2D eigenvalue weighted by molar-refractivity contribution is 7.08. The maximum Gasteiger partial charge on any atom is 0.418 e. The summed E-state index contributed by atoms with van der Waals surface area (Å²) >= 11 is 7.79. The van der Waals surface area contributed by atoms with Crippen LogP contribution in [-0.4, -0.2) is 115 Å². The van der Waals surface area contributed by atoms with Crippen molar-refractivity contribution in [1.82, 2.24) is 24.9 Å². The van der Waals surface area contributed by atoms with E-state index in [2.05, 4.69) is 20.9 Å². The lowest BCUT2D eigenvalue weighted by molar-refractivity contribution is -0.143. The van der Waals surface area contributed by atoms with Gasteiger partial charge in [0.1, 0.15) is 0 Å². The number of nitrogens with one attached hydrogen (secondary N) is 3. The van der Waals surface area contributed by atoms with Crippen LogP contribution < -0.4 is 16.0 Å². The van der Waals surface area contributed by atoms with Gasteiger partial charge in [-0.3, -0.25) is 9.69 Å². The lowest BCUT2D eigenvalue weighted by Crippen LogP contribution is -2.56. The zero-order chi connectivity index (χ0) is 34.0. The number of piperazine rings is 1. The number of halogens is 4. The fourth-order valence-electron chi connectivity index (χ4n) is 7.18. The molecule has 1 atom stereocenters. The summed E-state index contributed by atoms with van der Waals surface area (Å²) in [7, 11) is 1.36. The van der Waals surface area contributed by atoms with E-state index < -0.39 is 29.8 Å². The zero-order valence-electron chi connectivity index (χ0n) is 26.8. The van der Waals surface area contributed by atoms with E-state index in [0.29, 0.717) is 64.7 Å². The standard InChI is InChI=1S/C32H41ClF3N7O4S/c1-37-28-24(32(34,35)36)14-20(15-25(28)33)16-27(29(44)41-12-10-40(11-13-41)22-2-6-38-7-3-22)47-31(46)42-8-4-23(5-9-42)43-17-21-18-48-19-26(21)39-30(43)45/h14-15,18-19,22-23,27,37-38H,2-13,16-17H2,1H3,(H,39,45)/t27-/m1/s1. The first-order valence-electron chi connectivity index (χ1n) is 16.4. The third-order valence-electron chi connectivity index (χ3n) is 9.84. The van der Waals surface area contributed by atoms with Crippen LogP contribution in [0.15, 0.2) is 22.9 Å². The van der Waals surface area contributed by atoms with Crippen LogP contribution in [0.25, 0.3) is 0 Å². The van der Waals surface area contributed by atoms with Crippen molar-refractivity contribution in [2.24, 2.45) is 0 Å². The first-order chi connectivity index (χ1) is 23.0. The minimum absolute atomic E-state index is 0.0793. The van der Waals surface area contributed by atoms with Crippen molar-refractivity contribution in [2.75, 3.05) is 70.0 Å². The summed E-state index contributed by atoms with van der Waals surface area (Å²) in [5, 5.41) is 12.6. The summed E-state index contributed by atoms with van der Waals surface area (Å²) in [6, 6.07) is 2.52. The number of thiophene rings is 1. The summed E-state index contributed by atoms with van der Waals surface area (Å²) < 4.78 is 47.8. The van der Waals surface area contributed by atoms with Crippen LogP contribution in [0, 0.1) is 0 Å². The van der Waals surface area contributed by atoms with Gasteiger partial charge in [-0.2, -0.15) is 13.2 Å². The fraction of sp³-hybridized carbons (Fsp3) is 0.594. The molecule has 3 saturated heterocycles. The Morgan fingerprint density at radius 2 is 1.73 bits per heavy atom. The van der Waals surface area contributed by atoms with E-state index in [1.165, 1.54) is 29.4 Å². The van der Waals surface area contributed by atoms with Crippen molar-refractivity contribution in [3.8, 4) is 0 Å². The third kappa shape index (κ3) is 7.63. The molecule has 4 amide bonds. The van der Waals surface area contributed by atoms with Crippen LogP contribution >= 0.6 is 22.9 Å². The van der Waals surface area contributed by atoms with Gasteiger partial charge in [-0.25, -0.2) is 9.59 Å². The number of alkyl halides is 3. The van der Waals surface area contributed by atoms with Gasteiger partial charge in [0.15, 0.2) is 6.10 Å². The van der Waals surface area contributed by atoms with Gasteiger partial charge in [0, 0.05) is 75.8 Å². The molecule has 0 bridgehead atoms. The molecule has 0 spiro atoms. The number of piperidine rings is 2. The predicted molar refractivity (Wildman–Crippen MR) is 177 cm³/mol. The van der Waals surface area contributed by atoms with Crippen LogP contribution in [0.5, 0.6) is 0 Å². The molecular weight excluding hydrogens is 671 g/mol. The Labute approximate surface area is 286 Å². The second kappa shape index (κ2) is 14.7. The quantitative estimate of drug-likeness (QED) is 0.375. The Balaban J connectivity index is 1.14. The van der Waals surface area contributed by atoms with Crippen LogP contribution in [0.3, 0.4) is 0 Å². The number of fused-ring (bicyclic) bond motifs is 1. The van der Waals surface area contributed by atoms with Gasteiger partial charge in [0.25, 0.3) is 5.91 Å². The first-order valence-corrected chi connectivity index (χ1v) is 17.7. The molecule has 16 heteroatoms. The van der Waals surface area contributed by atoms with Gasteiger partial charge in [0.2, 0.25) is 0 Å². The van der Waals surface area contributed by atoms with Crippen molar-refractivity contribution >= 4 is 52.3 Å². The molecule has 0 radical (unpaired) electrons. The molecule has 1 aromatic carbocycles. The van der Waals surface area contributed by atoms with Crippen molar-refractivity contribution in [3.63, 3.8) is 0 Å². The topological polar surface area (TPSA) is 109 Å². The molecule has 3 fully saturated rings. The Morgan fingerprint density at radius 3 is 2.40 bits per heavy atom. The van der Waals surface area contributed by atoms with Crippen molar-refractivity contribution in [2.45, 2.75) is 63.0 Å². The van der Waals surface area contributed by atoms with Gasteiger partial charge in [0.05, 0.1) is 28.5 Å². The van der Waals surface area contributed by atoms with Crippen LogP contribution in [0.1, 0.15) is 42.4 Å². The molecule has 0 aliphatic carbocycles. The number of carbonyl (C=O) groups is 3. The van der Waals surface area contributed by atoms with Gasteiger partial charge >= 0.3 is 18.3 Å². The number of nitrogens with zero attached hydrogens (tertiary/aromatic N) is 4. The SMILES string of the molecule is CNc1c(Cl)cc(C[C@@H](OC(=O)N2CCC(N3Cc4cscc4NC3=O)CC2)C(=O)N2CCN(C3CCNCC3)CC2)cc1C(F)(F)F. The van der Waals surface area contributed by atoms with Gasteiger partial charge in [-0.05, 0) is 61.8 Å². The maximum atomic E-state index is 14.0. The van der Waals surface area contributed by atoms with Crippen LogP contribution in [0.4, 0.5) is 34.1 Å². The number of urea groups is 1. The number of ether oxygens (including phenoxy) is 1. The maximum absolute atomic E-state index is 14.0. The molecule has 0 saturated carbocycles. The normalized spacial score (nSPS) is 20.7. The van der Waals surface area contributed by atoms with E-state index in [9.17, 15) is 27.6 Å². The smallest absolute Gasteiger partial charge is 0.418 e. The number of rotatable bonds is 7. The Morgan fingerprint density at radius 1 is 1.02 bits per heavy atom. The number of likely N-dealkylation sites (tertiary alicyclic amines) is 1. The minimum Gasteiger partial charge on any atom is -0.436 e. The van der Waals surface area contributed by atoms with Gasteiger partial charge in [-0.1, -0.05) is 11.6 Å². The molecule has 48 heavy (non-hydrogen) atoms. The van der Waals surface area contributed by atoms with Crippen molar-refractivity contribution in [3.05, 3.63) is 44.6 Å². The summed E-state index contributed by atoms with van der Waals surface area (Å²) in [5.41, 5.74) is 0.792. The molecule has 11 nitrogen and oxygen atoms in total. The highest BCUT2D eigenvalue weighted by Gasteiger charge is 2.38. The molecule has 4 aliphatic heterocycles. The highest BCUT2D eigenvalue weighted by Crippen LogP contribution is 2.40. The fourth-order valence-corrected chi connectivity index (χ4v) is 8.30.